The second kappa shape index (κ2) is 7.53. The van der Waals surface area contributed by atoms with Crippen molar-refractivity contribution >= 4 is 33.7 Å². The van der Waals surface area contributed by atoms with Crippen LogP contribution in [-0.4, -0.2) is 56.7 Å². The Morgan fingerprint density at radius 2 is 1.61 bits per heavy atom. The van der Waals surface area contributed by atoms with Gasteiger partial charge in [0.05, 0.1) is 33.1 Å². The van der Waals surface area contributed by atoms with E-state index >= 15 is 0 Å². The van der Waals surface area contributed by atoms with Gasteiger partial charge in [-0.2, -0.15) is 35.9 Å². The number of ether oxygens (including phenoxy) is 3. The maximum Gasteiger partial charge on any atom is 0.435 e. The summed E-state index contributed by atoms with van der Waals surface area (Å²) >= 11 is 0. The van der Waals surface area contributed by atoms with Gasteiger partial charge in [0.25, 0.3) is 10.0 Å². The fourth-order valence-electron chi connectivity index (χ4n) is 2.55. The molecule has 2 aromatic rings. The monoisotopic (exact) mass is 463 g/mol. The topological polar surface area (TPSA) is 150 Å². The fourth-order valence-corrected chi connectivity index (χ4v) is 4.01. The number of aromatic nitrogens is 3. The van der Waals surface area contributed by atoms with Crippen LogP contribution in [0.5, 0.6) is 11.8 Å². The van der Waals surface area contributed by atoms with Crippen molar-refractivity contribution in [1.82, 2.24) is 15.0 Å². The minimum Gasteiger partial charge on any atom is -0.481 e. The van der Waals surface area contributed by atoms with Crippen LogP contribution in [-0.2, 0) is 20.9 Å². The molecule has 0 spiro atoms. The van der Waals surface area contributed by atoms with Crippen molar-refractivity contribution in [2.24, 2.45) is 0 Å². The van der Waals surface area contributed by atoms with Gasteiger partial charge < -0.3 is 14.2 Å². The van der Waals surface area contributed by atoms with Crippen LogP contribution < -0.4 is 19.1 Å². The number of anilines is 2. The van der Waals surface area contributed by atoms with Crippen LogP contribution in [0.1, 0.15) is 16.1 Å². The van der Waals surface area contributed by atoms with Gasteiger partial charge in [-0.05, 0) is 6.07 Å². The Balaban J connectivity index is 2.12. The number of urea groups is 1. The lowest BCUT2D eigenvalue weighted by Gasteiger charge is -2.30. The molecule has 1 N–H and O–H groups in total. The number of halogens is 3. The van der Waals surface area contributed by atoms with Crippen LogP contribution in [0.3, 0.4) is 0 Å². The summed E-state index contributed by atoms with van der Waals surface area (Å²) in [5.74, 6) is -1.94. The lowest BCUT2D eigenvalue weighted by atomic mass is 10.2. The maximum atomic E-state index is 13.4. The first kappa shape index (κ1) is 22.0. The molecule has 2 aliphatic rings. The van der Waals surface area contributed by atoms with Crippen molar-refractivity contribution in [2.45, 2.75) is 11.2 Å². The van der Waals surface area contributed by atoms with Crippen molar-refractivity contribution in [3.63, 3.8) is 0 Å². The van der Waals surface area contributed by atoms with Gasteiger partial charge in [-0.25, -0.2) is 14.6 Å². The number of methoxy groups -OCH3 is 3. The van der Waals surface area contributed by atoms with E-state index in [1.54, 1.807) is 0 Å². The normalized spacial score (nSPS) is 14.2. The number of esters is 1. The number of alkyl halides is 3. The number of nitrogens with one attached hydrogen (secondary N) is 1. The molecule has 31 heavy (non-hydrogen) atoms. The first-order valence-corrected chi connectivity index (χ1v) is 9.42. The largest absolute Gasteiger partial charge is 0.481 e. The van der Waals surface area contributed by atoms with Gasteiger partial charge >= 0.3 is 18.2 Å². The molecular formula is C15H12F3N5O7S. The van der Waals surface area contributed by atoms with Gasteiger partial charge in [0.15, 0.2) is 10.7 Å². The summed E-state index contributed by atoms with van der Waals surface area (Å²) in [7, 11) is -1.62. The Hall–Kier alpha value is -3.69. The molecule has 12 nitrogen and oxygen atoms in total. The highest BCUT2D eigenvalue weighted by Gasteiger charge is 2.50. The summed E-state index contributed by atoms with van der Waals surface area (Å²) in [6, 6.07) is 0.212. The molecule has 0 atom stereocenters. The molecule has 4 rings (SSSR count). The van der Waals surface area contributed by atoms with Crippen molar-refractivity contribution in [3.05, 3.63) is 23.4 Å². The first-order valence-electron chi connectivity index (χ1n) is 7.98. The van der Waals surface area contributed by atoms with E-state index in [0.717, 1.165) is 7.11 Å². The highest BCUT2D eigenvalue weighted by Crippen LogP contribution is 2.43. The van der Waals surface area contributed by atoms with Crippen LogP contribution in [0.2, 0.25) is 0 Å². The van der Waals surface area contributed by atoms with E-state index in [0.29, 0.717) is 6.07 Å². The summed E-state index contributed by atoms with van der Waals surface area (Å²) < 4.78 is 79.6. The van der Waals surface area contributed by atoms with E-state index in [1.165, 1.54) is 20.3 Å². The van der Waals surface area contributed by atoms with Gasteiger partial charge in [-0.1, -0.05) is 0 Å². The highest BCUT2D eigenvalue weighted by atomic mass is 32.2. The van der Waals surface area contributed by atoms with E-state index in [1.807, 2.05) is 5.32 Å². The summed E-state index contributed by atoms with van der Waals surface area (Å²) in [5.41, 5.74) is -3.65. The van der Waals surface area contributed by atoms with Gasteiger partial charge in [0, 0.05) is 0 Å². The Kier molecular flexibility index (Phi) is 5.35. The number of carbonyl (C=O) groups excluding carboxylic acids is 2. The number of hydrogen-bond donors (Lipinski definition) is 1. The molecule has 2 aliphatic heterocycles. The van der Waals surface area contributed by atoms with E-state index < -0.39 is 56.1 Å². The summed E-state index contributed by atoms with van der Waals surface area (Å²) in [4.78, 5) is 35.0. The maximum absolute atomic E-state index is 13.4. The minimum atomic E-state index is -5.14. The molecule has 0 aliphatic carbocycles. The molecule has 0 saturated heterocycles. The summed E-state index contributed by atoms with van der Waals surface area (Å²) in [6.45, 7) is 0. The van der Waals surface area contributed by atoms with Crippen molar-refractivity contribution in [1.29, 1.82) is 0 Å². The molecule has 16 heteroatoms. The molecule has 0 fully saturated rings. The molecule has 2 aromatic heterocycles. The second-order valence-corrected chi connectivity index (χ2v) is 7.38. The predicted molar refractivity (Wildman–Crippen MR) is 94.4 cm³/mol. The lowest BCUT2D eigenvalue weighted by molar-refractivity contribution is -0.141. The third-order valence-corrected chi connectivity index (χ3v) is 5.49. The molecule has 166 valence electrons. The number of carbonyl (C=O) groups is 2. The second-order valence-electron chi connectivity index (χ2n) is 5.67. The molecular weight excluding hydrogens is 451 g/mol. The quantitative estimate of drug-likeness (QED) is 0.660. The molecule has 0 unspecified atom stereocenters. The Morgan fingerprint density at radius 1 is 1.03 bits per heavy atom. The molecule has 0 radical (unpaired) electrons. The van der Waals surface area contributed by atoms with Gasteiger partial charge in [0.1, 0.15) is 5.56 Å². The number of fused-ring (bicyclic) bond motifs is 3. The average molecular weight is 463 g/mol. The van der Waals surface area contributed by atoms with Crippen molar-refractivity contribution < 1.29 is 45.4 Å². The van der Waals surface area contributed by atoms with Gasteiger partial charge in [-0.15, -0.1) is 0 Å². The molecule has 0 saturated carbocycles. The van der Waals surface area contributed by atoms with Crippen LogP contribution in [0.15, 0.2) is 17.2 Å². The summed E-state index contributed by atoms with van der Waals surface area (Å²) in [5, 5.41) is 0.664. The van der Waals surface area contributed by atoms with Gasteiger partial charge in [0.2, 0.25) is 17.7 Å². The summed E-state index contributed by atoms with van der Waals surface area (Å²) in [6.07, 6.45) is -5.14. The van der Waals surface area contributed by atoms with E-state index in [4.69, 9.17) is 9.47 Å². The van der Waals surface area contributed by atoms with E-state index in [9.17, 15) is 31.2 Å². The van der Waals surface area contributed by atoms with E-state index in [-0.39, 0.29) is 16.1 Å². The first-order chi connectivity index (χ1) is 14.4. The number of pyridine rings is 1. The fraction of sp³-hybridized carbons (Fsp3) is 0.267. The van der Waals surface area contributed by atoms with Crippen molar-refractivity contribution in [3.8, 4) is 11.8 Å². The molecule has 4 heterocycles. The van der Waals surface area contributed by atoms with Gasteiger partial charge in [-0.3, -0.25) is 5.32 Å². The third-order valence-electron chi connectivity index (χ3n) is 3.85. The zero-order valence-electron chi connectivity index (χ0n) is 15.8. The Morgan fingerprint density at radius 3 is 2.10 bits per heavy atom. The molecule has 2 amide bonds. The number of hydrogen-bond acceptors (Lipinski definition) is 10. The molecule has 0 aromatic carbocycles. The van der Waals surface area contributed by atoms with Crippen molar-refractivity contribution in [2.75, 3.05) is 31.0 Å². The third kappa shape index (κ3) is 3.76. The Bertz CT molecular complexity index is 1160. The Labute approximate surface area is 172 Å². The minimum absolute atomic E-state index is 0.0855. The van der Waals surface area contributed by atoms with Crippen LogP contribution in [0, 0.1) is 0 Å². The zero-order chi connectivity index (χ0) is 23.1. The number of sulfonamides is 1. The standard InChI is InChI=1S/C15H12F3N5O7S/c1-28-8-5-9(29-2)20-13(19-8)22-14(25)23-7-4-6(12(24)30-3)11(31(23,26)27)21-10(7)15(16,17)18/h4-5H,1-3H3,(H,19,20,22,25). The highest BCUT2D eigenvalue weighted by molar-refractivity contribution is 7.93. The number of nitrogens with zero attached hydrogens (tertiary/aromatic N) is 4. The zero-order valence-corrected chi connectivity index (χ0v) is 16.7. The smallest absolute Gasteiger partial charge is 0.435 e. The lowest BCUT2D eigenvalue weighted by Crippen LogP contribution is -2.46. The van der Waals surface area contributed by atoms with Crippen LogP contribution >= 0.6 is 0 Å². The van der Waals surface area contributed by atoms with E-state index in [2.05, 4.69) is 19.7 Å². The number of amides is 2. The van der Waals surface area contributed by atoms with Crippen LogP contribution in [0.4, 0.5) is 29.6 Å². The number of rotatable bonds is 4. The molecule has 2 bridgehead atoms. The average Bonchev–Trinajstić information content (AvgIpc) is 2.70. The van der Waals surface area contributed by atoms with Crippen LogP contribution in [0.25, 0.3) is 0 Å². The SMILES string of the molecule is COC(=O)c1cc2c(C(F)(F)F)nc1S(=O)(=O)N2C(=O)Nc1nc(OC)cc(OC)n1. The predicted octanol–water partition coefficient (Wildman–Crippen LogP) is 1.43.